The second-order valence-electron chi connectivity index (χ2n) is 8.87. The van der Waals surface area contributed by atoms with Crippen molar-refractivity contribution in [1.82, 2.24) is 0 Å². The Morgan fingerprint density at radius 1 is 1.17 bits per heavy atom. The maximum absolute atomic E-state index is 10.5. The summed E-state index contributed by atoms with van der Waals surface area (Å²) in [6.45, 7) is 2.30. The summed E-state index contributed by atoms with van der Waals surface area (Å²) in [7, 11) is 0. The van der Waals surface area contributed by atoms with Crippen molar-refractivity contribution in [3.8, 4) is 6.07 Å². The monoisotopic (exact) mass is 315 g/mol. The lowest BCUT2D eigenvalue weighted by atomic mass is 9.46. The van der Waals surface area contributed by atoms with Gasteiger partial charge >= 0.3 is 0 Å². The summed E-state index contributed by atoms with van der Waals surface area (Å²) in [5.74, 6) is 1.81. The molecule has 0 saturated heterocycles. The molecule has 0 aromatic heterocycles. The molecule has 0 aliphatic heterocycles. The summed E-state index contributed by atoms with van der Waals surface area (Å²) in [6.07, 6.45) is 10.6. The van der Waals surface area contributed by atoms with Gasteiger partial charge in [0.15, 0.2) is 0 Å². The van der Waals surface area contributed by atoms with Crippen molar-refractivity contribution in [1.29, 1.82) is 5.26 Å². The molecule has 4 rings (SSSR count). The predicted molar refractivity (Wildman–Crippen MR) is 88.3 cm³/mol. The summed E-state index contributed by atoms with van der Waals surface area (Å²) >= 11 is 0. The van der Waals surface area contributed by atoms with Gasteiger partial charge in [0.2, 0.25) is 0 Å². The van der Waals surface area contributed by atoms with Crippen molar-refractivity contribution in [3.05, 3.63) is 11.6 Å². The Balaban J connectivity index is 1.72. The van der Waals surface area contributed by atoms with E-state index in [-0.39, 0.29) is 23.0 Å². The van der Waals surface area contributed by atoms with Gasteiger partial charge in [-0.1, -0.05) is 18.6 Å². The van der Waals surface area contributed by atoms with Crippen molar-refractivity contribution in [3.63, 3.8) is 0 Å². The first-order valence-corrected chi connectivity index (χ1v) is 9.44. The third kappa shape index (κ3) is 2.07. The standard InChI is InChI=1S/C20H29NO2/c1-19-8-7-17-15(16(19)4-5-18(19)23)3-2-13-12-14(22)6-9-20(13,17)10-11-21/h2,14-18,22-23H,3-10,12H2,1H3/t14-,15?,16?,17?,18-,19-,20+/m0/s1. The maximum Gasteiger partial charge on any atom is 0.0631 e. The van der Waals surface area contributed by atoms with Crippen LogP contribution in [0.5, 0.6) is 0 Å². The third-order valence-corrected chi connectivity index (χ3v) is 8.15. The first-order valence-electron chi connectivity index (χ1n) is 9.44. The summed E-state index contributed by atoms with van der Waals surface area (Å²) in [6, 6.07) is 2.48. The summed E-state index contributed by atoms with van der Waals surface area (Å²) in [5, 5.41) is 30.1. The smallest absolute Gasteiger partial charge is 0.0631 e. The molecule has 4 aliphatic rings. The fourth-order valence-corrected chi connectivity index (χ4v) is 6.88. The molecule has 2 N–H and O–H groups in total. The molecule has 0 bridgehead atoms. The normalized spacial score (nSPS) is 51.9. The Labute approximate surface area is 139 Å². The number of aliphatic hydroxyl groups excluding tert-OH is 2. The van der Waals surface area contributed by atoms with Gasteiger partial charge in [-0.3, -0.25) is 0 Å². The third-order valence-electron chi connectivity index (χ3n) is 8.15. The van der Waals surface area contributed by atoms with Gasteiger partial charge in [0.05, 0.1) is 18.3 Å². The van der Waals surface area contributed by atoms with Gasteiger partial charge < -0.3 is 10.2 Å². The largest absolute Gasteiger partial charge is 0.393 e. The fourth-order valence-electron chi connectivity index (χ4n) is 6.88. The van der Waals surface area contributed by atoms with Crippen molar-refractivity contribution in [2.75, 3.05) is 0 Å². The van der Waals surface area contributed by atoms with Crippen LogP contribution in [0, 0.1) is 39.9 Å². The van der Waals surface area contributed by atoms with Crippen LogP contribution in [0.25, 0.3) is 0 Å². The summed E-state index contributed by atoms with van der Waals surface area (Å²) in [5.41, 5.74) is 1.49. The quantitative estimate of drug-likeness (QED) is 0.727. The van der Waals surface area contributed by atoms with E-state index >= 15 is 0 Å². The van der Waals surface area contributed by atoms with Gasteiger partial charge in [0.1, 0.15) is 0 Å². The van der Waals surface area contributed by atoms with Gasteiger partial charge in [-0.15, -0.1) is 0 Å². The lowest BCUT2D eigenvalue weighted by molar-refractivity contribution is -0.0748. The second kappa shape index (κ2) is 5.33. The highest BCUT2D eigenvalue weighted by Crippen LogP contribution is 2.65. The van der Waals surface area contributed by atoms with Crippen LogP contribution in [0.3, 0.4) is 0 Å². The van der Waals surface area contributed by atoms with Crippen LogP contribution in [-0.2, 0) is 0 Å². The molecule has 3 fully saturated rings. The average molecular weight is 315 g/mol. The molecule has 4 aliphatic carbocycles. The molecule has 3 heteroatoms. The van der Waals surface area contributed by atoms with E-state index in [1.807, 2.05) is 0 Å². The van der Waals surface area contributed by atoms with Gasteiger partial charge in [-0.2, -0.15) is 5.26 Å². The minimum Gasteiger partial charge on any atom is -0.393 e. The van der Waals surface area contributed by atoms with Gasteiger partial charge in [0, 0.05) is 11.8 Å². The molecule has 0 aromatic carbocycles. The number of nitrogens with zero attached hydrogens (tertiary/aromatic N) is 1. The zero-order chi connectivity index (χ0) is 16.2. The Morgan fingerprint density at radius 3 is 2.78 bits per heavy atom. The average Bonchev–Trinajstić information content (AvgIpc) is 2.84. The van der Waals surface area contributed by atoms with Crippen molar-refractivity contribution < 1.29 is 10.2 Å². The molecular formula is C20H29NO2. The zero-order valence-corrected chi connectivity index (χ0v) is 14.2. The van der Waals surface area contributed by atoms with Gasteiger partial charge in [0.25, 0.3) is 0 Å². The van der Waals surface area contributed by atoms with E-state index in [0.29, 0.717) is 24.2 Å². The van der Waals surface area contributed by atoms with Crippen LogP contribution in [0.1, 0.15) is 64.7 Å². The molecule has 0 radical (unpaired) electrons. The van der Waals surface area contributed by atoms with Gasteiger partial charge in [-0.25, -0.2) is 0 Å². The van der Waals surface area contributed by atoms with Crippen LogP contribution < -0.4 is 0 Å². The molecule has 0 heterocycles. The fraction of sp³-hybridized carbons (Fsp3) is 0.850. The highest BCUT2D eigenvalue weighted by molar-refractivity contribution is 5.28. The van der Waals surface area contributed by atoms with Crippen LogP contribution in [-0.4, -0.2) is 22.4 Å². The van der Waals surface area contributed by atoms with E-state index in [0.717, 1.165) is 51.4 Å². The summed E-state index contributed by atoms with van der Waals surface area (Å²) < 4.78 is 0. The van der Waals surface area contributed by atoms with Crippen LogP contribution in [0.4, 0.5) is 0 Å². The Hall–Kier alpha value is -0.850. The minimum absolute atomic E-state index is 0.0196. The number of rotatable bonds is 1. The molecule has 3 unspecified atom stereocenters. The number of hydrogen-bond donors (Lipinski definition) is 2. The number of aliphatic hydroxyl groups is 2. The molecule has 3 nitrogen and oxygen atoms in total. The topological polar surface area (TPSA) is 64.2 Å². The number of hydrogen-bond acceptors (Lipinski definition) is 3. The highest BCUT2D eigenvalue weighted by atomic mass is 16.3. The lowest BCUT2D eigenvalue weighted by Crippen LogP contribution is -2.52. The van der Waals surface area contributed by atoms with E-state index in [9.17, 15) is 15.5 Å². The van der Waals surface area contributed by atoms with E-state index in [4.69, 9.17) is 0 Å². The van der Waals surface area contributed by atoms with Crippen LogP contribution >= 0.6 is 0 Å². The highest BCUT2D eigenvalue weighted by Gasteiger charge is 2.59. The zero-order valence-electron chi connectivity index (χ0n) is 14.2. The molecule has 0 spiro atoms. The lowest BCUT2D eigenvalue weighted by Gasteiger charge is -2.58. The van der Waals surface area contributed by atoms with E-state index in [1.165, 1.54) is 5.57 Å². The van der Waals surface area contributed by atoms with Crippen molar-refractivity contribution >= 4 is 0 Å². The van der Waals surface area contributed by atoms with Crippen LogP contribution in [0.15, 0.2) is 11.6 Å². The minimum atomic E-state index is -0.216. The van der Waals surface area contributed by atoms with Crippen molar-refractivity contribution in [2.45, 2.75) is 76.9 Å². The first kappa shape index (κ1) is 15.7. The Morgan fingerprint density at radius 2 is 2.00 bits per heavy atom. The SMILES string of the molecule is C[C@]12CCC3C(CC=C4C[C@@H](O)CC[C@@]43CC#N)C1CC[C@@H]2O. The summed E-state index contributed by atoms with van der Waals surface area (Å²) in [4.78, 5) is 0. The molecule has 0 aromatic rings. The second-order valence-corrected chi connectivity index (χ2v) is 8.87. The molecule has 3 saturated carbocycles. The molecule has 23 heavy (non-hydrogen) atoms. The predicted octanol–water partition coefficient (Wildman–Crippen LogP) is 3.56. The number of allylic oxidation sites excluding steroid dienone is 1. The Bertz CT molecular complexity index is 564. The van der Waals surface area contributed by atoms with Crippen molar-refractivity contribution in [2.24, 2.45) is 28.6 Å². The molecule has 126 valence electrons. The molecular weight excluding hydrogens is 286 g/mol. The maximum atomic E-state index is 10.5. The first-order chi connectivity index (χ1) is 11.0. The van der Waals surface area contributed by atoms with E-state index in [1.54, 1.807) is 0 Å². The number of fused-ring (bicyclic) bond motifs is 5. The Kier molecular flexibility index (Phi) is 3.63. The van der Waals surface area contributed by atoms with E-state index in [2.05, 4.69) is 19.1 Å². The number of nitriles is 1. The molecule has 0 amide bonds. The van der Waals surface area contributed by atoms with Crippen LogP contribution in [0.2, 0.25) is 0 Å². The van der Waals surface area contributed by atoms with Gasteiger partial charge in [-0.05, 0) is 74.5 Å². The molecule has 7 atom stereocenters. The van der Waals surface area contributed by atoms with E-state index < -0.39 is 0 Å².